The molecule has 0 aliphatic carbocycles. The average Bonchev–Trinajstić information content (AvgIpc) is 2.81. The van der Waals surface area contributed by atoms with E-state index >= 15 is 0 Å². The van der Waals surface area contributed by atoms with Gasteiger partial charge in [0.2, 0.25) is 59.1 Å². The largest absolute Gasteiger partial charge is 0.508 e. The summed E-state index contributed by atoms with van der Waals surface area (Å²) in [6, 6.07) is 1.05. The number of hydrogen-bond donors (Lipinski definition) is 16. The number of nitrogens with two attached hydrogens (primary N) is 2. The predicted molar refractivity (Wildman–Crippen MR) is 332 cm³/mol. The standard InChI is InChI=1S/C59H84N20O12/c1-4-64-57(90)48-15-10-24-79(48)58(91)42(14-9-22-65-59(60)61)71-52(85)43(25-33(2)3)72-50(83)40(13-7-8-23-68-78-77-62)70-53(86)44(26-34-16-18-37(81)19-17-34)73-56(89)47(31-80)76-54(87)45(27-35-29-66-39-12-6-5-11-38(35)39)74-55(88)46(28-36-30-63-32-67-36)75-51(84)41-20-21-49(82)69-41/h5-6,11-12,16-19,29-30,32-33,40-48,66,68,80-81H,4,7-10,13-15,20-28,31H2,1-3H3,(H,63,67)(H,64,90)(H,69,82)(H,70,86)(H,71,85)(H,72,83)(H,73,89)(H,74,88)(H,75,84)(H,76,87)(H4,60,61,65)/t40-,41+,42+,43+,44+,45+,46+,47-,48+/m1/s1. The Balaban J connectivity index is 1.25. The fourth-order valence-corrected chi connectivity index (χ4v) is 10.7. The summed E-state index contributed by atoms with van der Waals surface area (Å²) in [5.74, 6) is -7.73. The lowest BCUT2D eigenvalue weighted by atomic mass is 10.00. The number of rotatable bonds is 36. The monoisotopic (exact) mass is 1260 g/mol. The maximum atomic E-state index is 14.8. The fourth-order valence-electron chi connectivity index (χ4n) is 10.7. The number of aliphatic imine (C=N–C) groups is 1. The number of azide groups is 1. The molecule has 4 aromatic rings. The van der Waals surface area contributed by atoms with Crippen LogP contribution in [-0.4, -0.2) is 182 Å². The van der Waals surface area contributed by atoms with Crippen molar-refractivity contribution in [3.8, 4) is 5.75 Å². The number of carbonyl (C=O) groups excluding carboxylic acids is 10. The minimum atomic E-state index is -1.79. The zero-order valence-corrected chi connectivity index (χ0v) is 51.2. The molecular formula is C59H84N20O12. The van der Waals surface area contributed by atoms with Crippen LogP contribution in [0.3, 0.4) is 0 Å². The van der Waals surface area contributed by atoms with Crippen LogP contribution in [0.1, 0.15) is 102 Å². The van der Waals surface area contributed by atoms with Gasteiger partial charge in [0.05, 0.1) is 19.5 Å². The van der Waals surface area contributed by atoms with Crippen molar-refractivity contribution in [1.29, 1.82) is 0 Å². The number of phenols is 1. The summed E-state index contributed by atoms with van der Waals surface area (Å²) >= 11 is 0. The summed E-state index contributed by atoms with van der Waals surface area (Å²) in [4.78, 5) is 158. The van der Waals surface area contributed by atoms with Crippen LogP contribution in [0, 0.1) is 5.92 Å². The summed E-state index contributed by atoms with van der Waals surface area (Å²) in [7, 11) is 0. The van der Waals surface area contributed by atoms with Gasteiger partial charge in [0, 0.05) is 74.3 Å². The molecule has 4 heterocycles. The van der Waals surface area contributed by atoms with Crippen LogP contribution in [0.15, 0.2) is 77.5 Å². The molecule has 32 nitrogen and oxygen atoms in total. The number of amides is 10. The highest BCUT2D eigenvalue weighted by Crippen LogP contribution is 2.22. The quantitative estimate of drug-likeness (QED) is 0.00469. The predicted octanol–water partition coefficient (Wildman–Crippen LogP) is -1.50. The normalized spacial score (nSPS) is 16.7. The van der Waals surface area contributed by atoms with Crippen LogP contribution in [-0.2, 0) is 67.2 Å². The Labute approximate surface area is 524 Å². The van der Waals surface area contributed by atoms with Gasteiger partial charge in [-0.25, -0.2) is 4.98 Å². The number of para-hydroxylation sites is 1. The zero-order valence-electron chi connectivity index (χ0n) is 51.2. The highest BCUT2D eigenvalue weighted by molar-refractivity contribution is 5.99. The van der Waals surface area contributed by atoms with Gasteiger partial charge in [-0.15, -0.1) is 5.53 Å². The summed E-state index contributed by atoms with van der Waals surface area (Å²) < 4.78 is 0. The highest BCUT2D eigenvalue weighted by Gasteiger charge is 2.40. The van der Waals surface area contributed by atoms with Crippen molar-refractivity contribution in [2.45, 2.75) is 159 Å². The Kier molecular flexibility index (Phi) is 27.2. The number of guanidine groups is 1. The van der Waals surface area contributed by atoms with Crippen molar-refractivity contribution in [2.75, 3.05) is 32.8 Å². The van der Waals surface area contributed by atoms with Crippen LogP contribution in [0.4, 0.5) is 0 Å². The van der Waals surface area contributed by atoms with E-state index in [-0.39, 0.29) is 113 Å². The molecule has 6 rings (SSSR count). The van der Waals surface area contributed by atoms with Crippen LogP contribution < -0.4 is 64.7 Å². The maximum Gasteiger partial charge on any atom is 0.245 e. The number of phenolic OH excluding ortho intramolecular Hbond substituents is 1. The molecular weight excluding hydrogens is 1180 g/mol. The number of nitrogens with one attached hydrogen (secondary N) is 12. The summed E-state index contributed by atoms with van der Waals surface area (Å²) in [5.41, 5.74) is 24.6. The Bertz CT molecular complexity index is 3220. The number of imidazole rings is 1. The molecule has 2 aliphatic rings. The molecule has 9 atom stereocenters. The number of fused-ring (bicyclic) bond motifs is 1. The second kappa shape index (κ2) is 35.3. The minimum absolute atomic E-state index is 0.0538. The number of hydrogen-bond acceptors (Lipinski definition) is 15. The smallest absolute Gasteiger partial charge is 0.245 e. The Hall–Kier alpha value is -9.97. The first-order chi connectivity index (χ1) is 43.7. The van der Waals surface area contributed by atoms with Crippen LogP contribution in [0.5, 0.6) is 5.75 Å². The first-order valence-corrected chi connectivity index (χ1v) is 30.4. The third kappa shape index (κ3) is 21.6. The second-order valence-corrected chi connectivity index (χ2v) is 22.7. The van der Waals surface area contributed by atoms with Crippen molar-refractivity contribution >= 4 is 75.9 Å². The Morgan fingerprint density at radius 2 is 1.37 bits per heavy atom. The van der Waals surface area contributed by atoms with Crippen LogP contribution >= 0.6 is 0 Å². The second-order valence-electron chi connectivity index (χ2n) is 22.7. The highest BCUT2D eigenvalue weighted by atomic mass is 16.3. The number of nitrogens with zero attached hydrogens (tertiary/aromatic N) is 6. The van der Waals surface area contributed by atoms with E-state index in [2.05, 4.69) is 83.4 Å². The SMILES string of the molecule is CCNC(=O)[C@@H]1CCCN1C(=O)[C@H](CCCN=C(N)N)NC(=O)[C@H](CC(C)C)NC(=O)[C@@H](CCCCNN=[N+]=[N-])NC(=O)[C@H](Cc1ccc(O)cc1)NC(=O)[C@@H](CO)NC(=O)[C@H](Cc1c[nH]c2ccccc12)NC(=O)[C@H](Cc1cnc[nH]1)NC(=O)[C@@H]1CCC(=O)N1. The number of aliphatic hydroxyl groups excluding tert-OH is 1. The van der Waals surface area contributed by atoms with Gasteiger partial charge in [-0.1, -0.05) is 44.2 Å². The van der Waals surface area contributed by atoms with Gasteiger partial charge < -0.3 is 84.4 Å². The number of aliphatic hydroxyl groups is 1. The molecule has 2 fully saturated rings. The average molecular weight is 1270 g/mol. The molecule has 0 unspecified atom stereocenters. The minimum Gasteiger partial charge on any atom is -0.508 e. The number of aromatic amines is 2. The molecule has 2 aromatic carbocycles. The number of carbonyl (C=O) groups is 10. The number of unbranched alkanes of at least 4 members (excludes halogenated alkanes) is 1. The molecule has 0 radical (unpaired) electrons. The van der Waals surface area contributed by atoms with E-state index in [9.17, 15) is 58.2 Å². The first-order valence-electron chi connectivity index (χ1n) is 30.4. The van der Waals surface area contributed by atoms with Gasteiger partial charge in [0.1, 0.15) is 60.1 Å². The number of likely N-dealkylation sites (tertiary alicyclic amines) is 1. The molecule has 10 amide bonds. The van der Waals surface area contributed by atoms with Crippen molar-refractivity contribution in [2.24, 2.45) is 27.6 Å². The van der Waals surface area contributed by atoms with Crippen molar-refractivity contribution in [1.82, 2.24) is 73.1 Å². The first kappa shape index (κ1) is 70.1. The Morgan fingerprint density at radius 3 is 2.02 bits per heavy atom. The number of aromatic hydroxyl groups is 1. The van der Waals surface area contributed by atoms with Crippen LogP contribution in [0.25, 0.3) is 21.3 Å². The third-order valence-corrected chi connectivity index (χ3v) is 15.3. The molecule has 18 N–H and O–H groups in total. The Morgan fingerprint density at radius 1 is 0.747 bits per heavy atom. The van der Waals surface area contributed by atoms with E-state index in [0.29, 0.717) is 53.5 Å². The lowest BCUT2D eigenvalue weighted by molar-refractivity contribution is -0.142. The molecule has 0 saturated carbocycles. The lowest BCUT2D eigenvalue weighted by Gasteiger charge is -2.30. The maximum absolute atomic E-state index is 14.8. The summed E-state index contributed by atoms with van der Waals surface area (Å²) in [6.45, 7) is 5.22. The number of likely N-dealkylation sites (N-methyl/N-ethyl adjacent to an activating group) is 1. The van der Waals surface area contributed by atoms with Gasteiger partial charge in [-0.3, -0.25) is 58.4 Å². The van der Waals surface area contributed by atoms with Crippen molar-refractivity contribution in [3.05, 3.63) is 94.5 Å². The fraction of sp³-hybridized carbons (Fsp3) is 0.525. The van der Waals surface area contributed by atoms with Gasteiger partial charge >= 0.3 is 0 Å². The number of benzene rings is 2. The van der Waals surface area contributed by atoms with Crippen molar-refractivity contribution < 1.29 is 58.2 Å². The van der Waals surface area contributed by atoms with Crippen LogP contribution in [0.2, 0.25) is 0 Å². The lowest BCUT2D eigenvalue weighted by Crippen LogP contribution is -2.61. The van der Waals surface area contributed by atoms with E-state index in [1.807, 2.05) is 13.8 Å². The van der Waals surface area contributed by atoms with E-state index in [0.717, 1.165) is 0 Å². The molecule has 2 aliphatic heterocycles. The molecule has 2 aromatic heterocycles. The molecule has 0 spiro atoms. The molecule has 2 saturated heterocycles. The summed E-state index contributed by atoms with van der Waals surface area (Å²) in [5, 5.41) is 49.1. The van der Waals surface area contributed by atoms with Gasteiger partial charge in [0.25, 0.3) is 0 Å². The molecule has 91 heavy (non-hydrogen) atoms. The molecule has 32 heteroatoms. The van der Waals surface area contributed by atoms with E-state index < -0.39 is 108 Å². The van der Waals surface area contributed by atoms with E-state index in [1.54, 1.807) is 37.4 Å². The van der Waals surface area contributed by atoms with Crippen molar-refractivity contribution in [3.63, 3.8) is 0 Å². The molecule has 0 bridgehead atoms. The van der Waals surface area contributed by atoms with Gasteiger partial charge in [0.15, 0.2) is 5.96 Å². The van der Waals surface area contributed by atoms with E-state index in [4.69, 9.17) is 17.0 Å². The third-order valence-electron chi connectivity index (χ3n) is 15.3. The summed E-state index contributed by atoms with van der Waals surface area (Å²) in [6.07, 6.45) is 5.94. The van der Waals surface area contributed by atoms with Gasteiger partial charge in [-0.05, 0) is 105 Å². The number of aromatic nitrogens is 3. The zero-order chi connectivity index (χ0) is 66.0. The van der Waals surface area contributed by atoms with E-state index in [1.165, 1.54) is 41.7 Å². The topological polar surface area (TPSA) is 492 Å². The number of H-pyrrole nitrogens is 2. The van der Waals surface area contributed by atoms with Gasteiger partial charge in [-0.2, -0.15) is 4.91 Å². The molecule has 492 valence electrons.